The number of nitrogens with zero attached hydrogens (tertiary/aromatic N) is 4. The van der Waals surface area contributed by atoms with Crippen molar-refractivity contribution in [2.24, 2.45) is 5.41 Å². The molecule has 3 heterocycles. The maximum absolute atomic E-state index is 13.6. The molecule has 1 saturated carbocycles. The lowest BCUT2D eigenvalue weighted by Crippen LogP contribution is -2.54. The Morgan fingerprint density at radius 2 is 1.73 bits per heavy atom. The molecular weight excluding hydrogens is 523 g/mol. The fourth-order valence-electron chi connectivity index (χ4n) is 5.55. The molecule has 0 atom stereocenters. The van der Waals surface area contributed by atoms with Crippen molar-refractivity contribution in [3.05, 3.63) is 57.0 Å². The summed E-state index contributed by atoms with van der Waals surface area (Å²) in [7, 11) is 6.07. The first-order valence-electron chi connectivity index (χ1n) is 12.8. The quantitative estimate of drug-likeness (QED) is 0.450. The average molecular weight is 557 g/mol. The molecule has 1 aromatic heterocycles. The number of carbonyl (C=O) groups excluding carboxylic acids is 4. The third kappa shape index (κ3) is 4.91. The van der Waals surface area contributed by atoms with E-state index in [9.17, 15) is 33.5 Å². The summed E-state index contributed by atoms with van der Waals surface area (Å²) in [6.45, 7) is 1.44. The summed E-state index contributed by atoms with van der Waals surface area (Å²) >= 11 is 0. The second-order valence-electron chi connectivity index (χ2n) is 11.0. The van der Waals surface area contributed by atoms with Crippen molar-refractivity contribution in [2.45, 2.75) is 51.2 Å². The van der Waals surface area contributed by atoms with Crippen molar-refractivity contribution in [3.8, 4) is 5.75 Å². The van der Waals surface area contributed by atoms with E-state index in [1.807, 2.05) is 0 Å². The van der Waals surface area contributed by atoms with E-state index in [1.54, 1.807) is 27.1 Å². The van der Waals surface area contributed by atoms with Crippen LogP contribution in [-0.2, 0) is 33.0 Å². The molecule has 3 N–H and O–H groups in total. The van der Waals surface area contributed by atoms with Gasteiger partial charge in [-0.15, -0.1) is 0 Å². The Balaban J connectivity index is 1.79. The molecule has 1 aromatic carbocycles. The molecule has 1 aliphatic carbocycles. The number of aromatic nitrogens is 2. The summed E-state index contributed by atoms with van der Waals surface area (Å²) < 4.78 is 14.8. The van der Waals surface area contributed by atoms with Crippen LogP contribution in [0.4, 0.5) is 4.39 Å². The van der Waals surface area contributed by atoms with E-state index in [0.29, 0.717) is 11.1 Å². The second-order valence-corrected chi connectivity index (χ2v) is 11.0. The molecule has 2 aliphatic heterocycles. The molecule has 4 amide bonds. The van der Waals surface area contributed by atoms with Gasteiger partial charge in [0.15, 0.2) is 5.69 Å². The van der Waals surface area contributed by atoms with Crippen molar-refractivity contribution in [3.63, 3.8) is 0 Å². The van der Waals surface area contributed by atoms with Crippen molar-refractivity contribution >= 4 is 23.6 Å². The van der Waals surface area contributed by atoms with Crippen molar-refractivity contribution in [2.75, 3.05) is 28.2 Å². The minimum Gasteiger partial charge on any atom is -0.501 e. The number of fused-ring (bicyclic) bond motifs is 2. The molecule has 0 spiro atoms. The van der Waals surface area contributed by atoms with Gasteiger partial charge in [0.05, 0.1) is 11.0 Å². The smallest absolute Gasteiger partial charge is 0.311 e. The highest BCUT2D eigenvalue weighted by molar-refractivity contribution is 6.35. The number of nitrogens with one attached hydrogen (secondary N) is 2. The Morgan fingerprint density at radius 1 is 1.07 bits per heavy atom. The largest absolute Gasteiger partial charge is 0.501 e. The van der Waals surface area contributed by atoms with Gasteiger partial charge in [0.25, 0.3) is 11.5 Å². The Hall–Kier alpha value is -4.29. The van der Waals surface area contributed by atoms with E-state index in [2.05, 4.69) is 15.6 Å². The number of amides is 4. The number of aryl methyl sites for hydroxylation is 1. The third-order valence-corrected chi connectivity index (χ3v) is 7.80. The number of hydrogen-bond donors (Lipinski definition) is 3. The van der Waals surface area contributed by atoms with Gasteiger partial charge >= 0.3 is 11.8 Å². The molecule has 13 heteroatoms. The highest BCUT2D eigenvalue weighted by atomic mass is 19.1. The number of carbonyl (C=O) groups is 4. The predicted molar refractivity (Wildman–Crippen MR) is 141 cm³/mol. The molecule has 3 aliphatic rings. The van der Waals surface area contributed by atoms with E-state index >= 15 is 0 Å². The molecule has 5 rings (SSSR count). The predicted octanol–water partition coefficient (Wildman–Crippen LogP) is 0.388. The maximum atomic E-state index is 13.6. The van der Waals surface area contributed by atoms with Crippen molar-refractivity contribution < 1.29 is 28.7 Å². The van der Waals surface area contributed by atoms with Gasteiger partial charge in [-0.1, -0.05) is 12.1 Å². The zero-order valence-corrected chi connectivity index (χ0v) is 23.1. The fourth-order valence-corrected chi connectivity index (χ4v) is 5.55. The number of halogens is 1. The minimum absolute atomic E-state index is 0.0103. The van der Waals surface area contributed by atoms with Crippen LogP contribution in [0.5, 0.6) is 5.75 Å². The van der Waals surface area contributed by atoms with Gasteiger partial charge in [0, 0.05) is 41.3 Å². The molecule has 0 unspecified atom stereocenters. The van der Waals surface area contributed by atoms with Gasteiger partial charge in [0.1, 0.15) is 11.6 Å². The van der Waals surface area contributed by atoms with Gasteiger partial charge in [-0.25, -0.2) is 9.37 Å². The van der Waals surface area contributed by atoms with Crippen LogP contribution in [0, 0.1) is 18.2 Å². The lowest BCUT2D eigenvalue weighted by atomic mass is 9.67. The van der Waals surface area contributed by atoms with Crippen LogP contribution < -0.4 is 16.2 Å². The lowest BCUT2D eigenvalue weighted by Gasteiger charge is -2.42. The van der Waals surface area contributed by atoms with Gasteiger partial charge < -0.3 is 25.5 Å². The van der Waals surface area contributed by atoms with Gasteiger partial charge in [-0.3, -0.25) is 28.5 Å². The monoisotopic (exact) mass is 556 g/mol. The van der Waals surface area contributed by atoms with E-state index < -0.39 is 51.5 Å². The number of likely N-dealkylation sites (N-methyl/N-ethyl adjacent to an activating group) is 1. The van der Waals surface area contributed by atoms with E-state index in [4.69, 9.17) is 0 Å². The first-order valence-corrected chi connectivity index (χ1v) is 12.8. The zero-order chi connectivity index (χ0) is 29.6. The van der Waals surface area contributed by atoms with Gasteiger partial charge in [-0.05, 0) is 49.8 Å². The van der Waals surface area contributed by atoms with Crippen molar-refractivity contribution in [1.82, 2.24) is 30.0 Å². The maximum Gasteiger partial charge on any atom is 0.311 e. The Kier molecular flexibility index (Phi) is 7.43. The third-order valence-electron chi connectivity index (χ3n) is 7.80. The fraction of sp³-hybridized carbons (Fsp3) is 0.481. The first-order chi connectivity index (χ1) is 18.7. The van der Waals surface area contributed by atoms with E-state index in [1.165, 1.54) is 31.1 Å². The van der Waals surface area contributed by atoms with Crippen LogP contribution in [0.25, 0.3) is 0 Å². The zero-order valence-electron chi connectivity index (χ0n) is 23.1. The molecule has 0 saturated heterocycles. The normalized spacial score (nSPS) is 21.1. The SMILES string of the molecule is Cc1cc(CNC(=O)c2nc3n(c(=O)c2O)CC2(C(=O)N(C)C)CCC3(NC(=O)C(=O)N(C)C)CC2)ccc1F. The topological polar surface area (TPSA) is 154 Å². The van der Waals surface area contributed by atoms with Gasteiger partial charge in [0.2, 0.25) is 11.7 Å². The molecule has 214 valence electrons. The van der Waals surface area contributed by atoms with Crippen LogP contribution >= 0.6 is 0 Å². The number of rotatable bonds is 5. The molecule has 12 nitrogen and oxygen atoms in total. The van der Waals surface area contributed by atoms with Gasteiger partial charge in [-0.2, -0.15) is 0 Å². The van der Waals surface area contributed by atoms with Crippen molar-refractivity contribution in [1.29, 1.82) is 0 Å². The number of benzene rings is 1. The van der Waals surface area contributed by atoms with E-state index in [-0.39, 0.29) is 50.5 Å². The second kappa shape index (κ2) is 10.4. The molecule has 0 radical (unpaired) electrons. The first kappa shape index (κ1) is 28.7. The highest BCUT2D eigenvalue weighted by Gasteiger charge is 2.55. The molecule has 2 bridgehead atoms. The van der Waals surface area contributed by atoms with Crippen LogP contribution in [0.3, 0.4) is 0 Å². The standard InChI is InChI=1S/C27H33FN6O6/c1-15-12-16(6-7-17(15)28)13-29-20(36)18-19(35)22(38)34-14-26(25(40)33(4)5)8-10-27(11-9-26,24(34)30-18)31-21(37)23(39)32(2)3/h6-7,12,35H,8-11,13-14H2,1-5H3,(H,29,36)(H,31,37). The molecular formula is C27H33FN6O6. The molecule has 1 fully saturated rings. The Morgan fingerprint density at radius 3 is 2.30 bits per heavy atom. The summed E-state index contributed by atoms with van der Waals surface area (Å²) in [5, 5.41) is 16.1. The minimum atomic E-state index is -1.34. The van der Waals surface area contributed by atoms with Crippen LogP contribution in [0.1, 0.15) is 53.1 Å². The van der Waals surface area contributed by atoms with Crippen LogP contribution in [0.15, 0.2) is 23.0 Å². The Bertz CT molecular complexity index is 1460. The summed E-state index contributed by atoms with van der Waals surface area (Å²) in [5.74, 6) is -4.13. The highest BCUT2D eigenvalue weighted by Crippen LogP contribution is 2.50. The summed E-state index contributed by atoms with van der Waals surface area (Å²) in [6.07, 6.45) is 0.892. The molecule has 2 aromatic rings. The lowest BCUT2D eigenvalue weighted by molar-refractivity contribution is -0.147. The van der Waals surface area contributed by atoms with E-state index in [0.717, 1.165) is 9.47 Å². The van der Waals surface area contributed by atoms with Crippen LogP contribution in [0.2, 0.25) is 0 Å². The summed E-state index contributed by atoms with van der Waals surface area (Å²) in [4.78, 5) is 72.2. The summed E-state index contributed by atoms with van der Waals surface area (Å²) in [6, 6.07) is 4.32. The molecule has 40 heavy (non-hydrogen) atoms. The Labute approximate surface area is 230 Å². The van der Waals surface area contributed by atoms with Crippen LogP contribution in [-0.4, -0.2) is 76.3 Å². The summed E-state index contributed by atoms with van der Waals surface area (Å²) in [5.41, 5.74) is -2.86. The number of aromatic hydroxyl groups is 1. The number of hydrogen-bond acceptors (Lipinski definition) is 7. The average Bonchev–Trinajstić information content (AvgIpc) is 3.14.